The molecule has 2 aromatic rings. The Morgan fingerprint density at radius 3 is 1.10 bits per heavy atom. The van der Waals surface area contributed by atoms with Crippen molar-refractivity contribution in [3.63, 3.8) is 0 Å². The van der Waals surface area contributed by atoms with Crippen LogP contribution >= 0.6 is 0 Å². The molecule has 0 unspecified atom stereocenters. The van der Waals surface area contributed by atoms with E-state index in [1.54, 1.807) is 0 Å². The number of hydrogen-bond acceptors (Lipinski definition) is 2. The van der Waals surface area contributed by atoms with Gasteiger partial charge in [-0.2, -0.15) is 26.3 Å². The second-order valence-corrected chi connectivity index (χ2v) is 4.22. The summed E-state index contributed by atoms with van der Waals surface area (Å²) >= 11 is 0. The van der Waals surface area contributed by atoms with Crippen molar-refractivity contribution in [2.75, 3.05) is 0 Å². The number of pyridine rings is 2. The summed E-state index contributed by atoms with van der Waals surface area (Å²) in [5.41, 5.74) is -6.00. The molecule has 8 heteroatoms. The summed E-state index contributed by atoms with van der Waals surface area (Å²) in [5.74, 6) is 0. The Bertz CT molecular complexity index is 536. The zero-order valence-electron chi connectivity index (χ0n) is 10.3. The standard InChI is InChI=1S/C13H8F6N2/c14-12(15,16)11(13(17,18)19,9-1-5-20-6-2-9)10-3-7-21-8-4-10/h1-8H. The molecule has 0 atom stereocenters. The van der Waals surface area contributed by atoms with Crippen LogP contribution < -0.4 is 0 Å². The number of nitrogens with zero attached hydrogens (tertiary/aromatic N) is 2. The molecule has 0 aliphatic rings. The summed E-state index contributed by atoms with van der Waals surface area (Å²) in [6, 6.07) is 2.84. The van der Waals surface area contributed by atoms with Crippen LogP contribution in [0, 0.1) is 0 Å². The minimum absolute atomic E-state index is 0.710. The maximum absolute atomic E-state index is 13.5. The van der Waals surface area contributed by atoms with E-state index in [2.05, 4.69) is 9.97 Å². The summed E-state index contributed by atoms with van der Waals surface area (Å²) in [6.45, 7) is 0. The molecule has 21 heavy (non-hydrogen) atoms. The van der Waals surface area contributed by atoms with E-state index in [4.69, 9.17) is 0 Å². The van der Waals surface area contributed by atoms with E-state index in [9.17, 15) is 26.3 Å². The predicted molar refractivity (Wildman–Crippen MR) is 61.4 cm³/mol. The van der Waals surface area contributed by atoms with Crippen molar-refractivity contribution in [1.29, 1.82) is 0 Å². The van der Waals surface area contributed by atoms with Gasteiger partial charge in [-0.15, -0.1) is 0 Å². The minimum Gasteiger partial charge on any atom is -0.265 e. The summed E-state index contributed by atoms with van der Waals surface area (Å²) < 4.78 is 80.9. The fraction of sp³-hybridized carbons (Fsp3) is 0.231. The van der Waals surface area contributed by atoms with Gasteiger partial charge < -0.3 is 0 Å². The predicted octanol–water partition coefficient (Wildman–Crippen LogP) is 3.89. The van der Waals surface area contributed by atoms with Crippen LogP contribution in [0.4, 0.5) is 26.3 Å². The van der Waals surface area contributed by atoms with Crippen LogP contribution in [0.25, 0.3) is 0 Å². The number of rotatable bonds is 2. The van der Waals surface area contributed by atoms with Gasteiger partial charge in [0.05, 0.1) is 0 Å². The van der Waals surface area contributed by atoms with Crippen LogP contribution in [-0.2, 0) is 5.41 Å². The molecule has 112 valence electrons. The van der Waals surface area contributed by atoms with Gasteiger partial charge in [-0.05, 0) is 35.4 Å². The molecule has 0 amide bonds. The van der Waals surface area contributed by atoms with Gasteiger partial charge in [-0.1, -0.05) is 0 Å². The van der Waals surface area contributed by atoms with Crippen molar-refractivity contribution in [2.45, 2.75) is 17.8 Å². The lowest BCUT2D eigenvalue weighted by Gasteiger charge is -2.38. The van der Waals surface area contributed by atoms with E-state index in [0.29, 0.717) is 24.3 Å². The summed E-state index contributed by atoms with van der Waals surface area (Å²) in [6.07, 6.45) is -7.58. The van der Waals surface area contributed by atoms with Crippen LogP contribution in [-0.4, -0.2) is 22.3 Å². The summed E-state index contributed by atoms with van der Waals surface area (Å²) in [4.78, 5) is 6.94. The van der Waals surface area contributed by atoms with E-state index in [1.807, 2.05) is 0 Å². The Morgan fingerprint density at radius 2 is 0.857 bits per heavy atom. The normalized spacial score (nSPS) is 13.2. The number of aromatic nitrogens is 2. The highest BCUT2D eigenvalue weighted by atomic mass is 19.4. The highest BCUT2D eigenvalue weighted by Gasteiger charge is 2.72. The molecular formula is C13H8F6N2. The van der Waals surface area contributed by atoms with Gasteiger partial charge >= 0.3 is 12.4 Å². The van der Waals surface area contributed by atoms with Gasteiger partial charge in [0.2, 0.25) is 5.41 Å². The SMILES string of the molecule is FC(F)(F)C(c1ccncc1)(c1ccncc1)C(F)(F)F. The van der Waals surface area contributed by atoms with Crippen molar-refractivity contribution in [2.24, 2.45) is 0 Å². The van der Waals surface area contributed by atoms with E-state index in [0.717, 1.165) is 24.8 Å². The molecule has 0 bridgehead atoms. The quantitative estimate of drug-likeness (QED) is 0.787. The molecule has 0 saturated carbocycles. The second kappa shape index (κ2) is 5.01. The largest absolute Gasteiger partial charge is 0.411 e. The minimum atomic E-state index is -5.58. The molecule has 0 radical (unpaired) electrons. The summed E-state index contributed by atoms with van der Waals surface area (Å²) in [5, 5.41) is 0. The molecule has 0 N–H and O–H groups in total. The molecule has 0 fully saturated rings. The fourth-order valence-electron chi connectivity index (χ4n) is 2.19. The number of alkyl halides is 6. The van der Waals surface area contributed by atoms with Crippen LogP contribution in [0.5, 0.6) is 0 Å². The Labute approximate surface area is 115 Å². The monoisotopic (exact) mass is 306 g/mol. The summed E-state index contributed by atoms with van der Waals surface area (Å²) in [7, 11) is 0. The third kappa shape index (κ3) is 2.34. The van der Waals surface area contributed by atoms with Crippen molar-refractivity contribution >= 4 is 0 Å². The van der Waals surface area contributed by atoms with E-state index >= 15 is 0 Å². The van der Waals surface area contributed by atoms with Gasteiger partial charge in [-0.3, -0.25) is 9.97 Å². The molecule has 2 nitrogen and oxygen atoms in total. The molecule has 0 saturated heterocycles. The molecule has 0 spiro atoms. The second-order valence-electron chi connectivity index (χ2n) is 4.22. The lowest BCUT2D eigenvalue weighted by molar-refractivity contribution is -0.288. The maximum atomic E-state index is 13.5. The average Bonchev–Trinajstić information content (AvgIpc) is 2.38. The van der Waals surface area contributed by atoms with Crippen LogP contribution in [0.3, 0.4) is 0 Å². The first-order valence-electron chi connectivity index (χ1n) is 5.65. The Hall–Kier alpha value is -2.12. The van der Waals surface area contributed by atoms with Crippen LogP contribution in [0.1, 0.15) is 11.1 Å². The average molecular weight is 306 g/mol. The third-order valence-electron chi connectivity index (χ3n) is 3.08. The third-order valence-corrected chi connectivity index (χ3v) is 3.08. The first-order chi connectivity index (χ1) is 9.71. The Kier molecular flexibility index (Phi) is 3.65. The molecule has 2 heterocycles. The number of halogens is 6. The lowest BCUT2D eigenvalue weighted by atomic mass is 9.73. The highest BCUT2D eigenvalue weighted by Crippen LogP contribution is 2.55. The van der Waals surface area contributed by atoms with Crippen molar-refractivity contribution < 1.29 is 26.3 Å². The fourth-order valence-corrected chi connectivity index (χ4v) is 2.19. The molecule has 0 aromatic carbocycles. The number of hydrogen-bond donors (Lipinski definition) is 0. The van der Waals surface area contributed by atoms with Crippen molar-refractivity contribution in [3.8, 4) is 0 Å². The van der Waals surface area contributed by atoms with E-state index < -0.39 is 28.9 Å². The van der Waals surface area contributed by atoms with Gasteiger partial charge in [0.15, 0.2) is 0 Å². The first-order valence-corrected chi connectivity index (χ1v) is 5.65. The van der Waals surface area contributed by atoms with Gasteiger partial charge in [-0.25, -0.2) is 0 Å². The molecule has 0 aliphatic carbocycles. The smallest absolute Gasteiger partial charge is 0.265 e. The van der Waals surface area contributed by atoms with Crippen molar-refractivity contribution in [1.82, 2.24) is 9.97 Å². The van der Waals surface area contributed by atoms with E-state index in [1.165, 1.54) is 0 Å². The molecular weight excluding hydrogens is 298 g/mol. The maximum Gasteiger partial charge on any atom is 0.411 e. The van der Waals surface area contributed by atoms with Crippen LogP contribution in [0.2, 0.25) is 0 Å². The lowest BCUT2D eigenvalue weighted by Crippen LogP contribution is -2.54. The zero-order chi connectivity index (χ0) is 15.7. The van der Waals surface area contributed by atoms with Crippen molar-refractivity contribution in [3.05, 3.63) is 60.2 Å². The Balaban J connectivity index is 2.87. The van der Waals surface area contributed by atoms with Gasteiger partial charge in [0.1, 0.15) is 0 Å². The van der Waals surface area contributed by atoms with Gasteiger partial charge in [0, 0.05) is 24.8 Å². The zero-order valence-corrected chi connectivity index (χ0v) is 10.3. The molecule has 2 aromatic heterocycles. The van der Waals surface area contributed by atoms with Gasteiger partial charge in [0.25, 0.3) is 0 Å². The molecule has 2 rings (SSSR count). The van der Waals surface area contributed by atoms with E-state index in [-0.39, 0.29) is 0 Å². The highest BCUT2D eigenvalue weighted by molar-refractivity contribution is 5.42. The topological polar surface area (TPSA) is 25.8 Å². The van der Waals surface area contributed by atoms with Crippen LogP contribution in [0.15, 0.2) is 49.1 Å². The Morgan fingerprint density at radius 1 is 0.571 bits per heavy atom. The molecule has 0 aliphatic heterocycles. The first kappa shape index (κ1) is 15.3.